The summed E-state index contributed by atoms with van der Waals surface area (Å²) < 4.78 is 42.6. The van der Waals surface area contributed by atoms with Gasteiger partial charge >= 0.3 is 12.2 Å². The number of alkyl halides is 3. The minimum Gasteiger partial charge on any atom is -0.338 e. The van der Waals surface area contributed by atoms with Crippen LogP contribution in [0.2, 0.25) is 0 Å². The van der Waals surface area contributed by atoms with Crippen LogP contribution in [0, 0.1) is 0 Å². The summed E-state index contributed by atoms with van der Waals surface area (Å²) in [6.07, 6.45) is 1.99. The number of amides is 3. The van der Waals surface area contributed by atoms with E-state index in [1.165, 1.54) is 12.1 Å². The van der Waals surface area contributed by atoms with Crippen molar-refractivity contribution >= 4 is 17.5 Å². The third-order valence-electron chi connectivity index (χ3n) is 7.43. The van der Waals surface area contributed by atoms with Crippen molar-refractivity contribution in [2.45, 2.75) is 63.7 Å². The summed E-state index contributed by atoms with van der Waals surface area (Å²) in [6, 6.07) is 5.74. The lowest BCUT2D eigenvalue weighted by atomic mass is 9.93. The lowest BCUT2D eigenvalue weighted by molar-refractivity contribution is -0.138. The van der Waals surface area contributed by atoms with Crippen molar-refractivity contribution < 1.29 is 22.8 Å². The Morgan fingerprint density at radius 3 is 2.38 bits per heavy atom. The molecule has 2 fully saturated rings. The lowest BCUT2D eigenvalue weighted by Gasteiger charge is -2.33. The third kappa shape index (κ3) is 5.24. The molecule has 37 heavy (non-hydrogen) atoms. The fourth-order valence-corrected chi connectivity index (χ4v) is 5.49. The SMILES string of the molecule is CC(C)NC(=O)N1CCC(n2ncc(C(=O)N3CC[C@@H](c4ccccc4C(F)(F)F)C3)c2C2=CC2)CC1. The van der Waals surface area contributed by atoms with Crippen LogP contribution in [0.25, 0.3) is 5.57 Å². The van der Waals surface area contributed by atoms with Crippen molar-refractivity contribution in [1.29, 1.82) is 0 Å². The number of hydrogen-bond donors (Lipinski definition) is 1. The zero-order chi connectivity index (χ0) is 26.3. The van der Waals surface area contributed by atoms with E-state index >= 15 is 0 Å². The second-order valence-electron chi connectivity index (χ2n) is 10.4. The minimum absolute atomic E-state index is 0.0643. The van der Waals surface area contributed by atoms with Gasteiger partial charge in [-0.15, -0.1) is 0 Å². The Balaban J connectivity index is 1.30. The number of nitrogens with zero attached hydrogens (tertiary/aromatic N) is 4. The van der Waals surface area contributed by atoms with Gasteiger partial charge in [0.15, 0.2) is 0 Å². The quantitative estimate of drug-likeness (QED) is 0.604. The summed E-state index contributed by atoms with van der Waals surface area (Å²) in [5.74, 6) is -0.545. The van der Waals surface area contributed by atoms with Crippen LogP contribution in [0.3, 0.4) is 0 Å². The zero-order valence-corrected chi connectivity index (χ0v) is 21.1. The number of nitrogens with one attached hydrogen (secondary N) is 1. The van der Waals surface area contributed by atoms with E-state index < -0.39 is 11.7 Å². The molecule has 10 heteroatoms. The van der Waals surface area contributed by atoms with Gasteiger partial charge in [0.05, 0.1) is 29.1 Å². The number of allylic oxidation sites excluding steroid dienone is 2. The van der Waals surface area contributed by atoms with Crippen molar-refractivity contribution in [2.24, 2.45) is 0 Å². The number of urea groups is 1. The largest absolute Gasteiger partial charge is 0.416 e. The summed E-state index contributed by atoms with van der Waals surface area (Å²) in [5.41, 5.74) is 2.01. The Morgan fingerprint density at radius 1 is 1.05 bits per heavy atom. The Hall–Kier alpha value is -3.30. The number of carbonyl (C=O) groups excluding carboxylic acids is 2. The number of carbonyl (C=O) groups is 2. The molecule has 2 aromatic rings. The molecule has 2 aliphatic heterocycles. The molecular weight excluding hydrogens is 483 g/mol. The number of aromatic nitrogens is 2. The van der Waals surface area contributed by atoms with Crippen molar-refractivity contribution in [3.8, 4) is 0 Å². The van der Waals surface area contributed by atoms with E-state index in [0.29, 0.717) is 31.6 Å². The molecule has 3 amide bonds. The second kappa shape index (κ2) is 9.87. The number of hydrogen-bond acceptors (Lipinski definition) is 3. The second-order valence-corrected chi connectivity index (χ2v) is 10.4. The first-order chi connectivity index (χ1) is 17.6. The fourth-order valence-electron chi connectivity index (χ4n) is 5.49. The summed E-state index contributed by atoms with van der Waals surface area (Å²) >= 11 is 0. The summed E-state index contributed by atoms with van der Waals surface area (Å²) in [6.45, 7) is 5.73. The van der Waals surface area contributed by atoms with Crippen molar-refractivity contribution in [3.63, 3.8) is 0 Å². The fraction of sp³-hybridized carbons (Fsp3) is 0.519. The van der Waals surface area contributed by atoms with Crippen LogP contribution < -0.4 is 5.32 Å². The molecule has 1 aromatic heterocycles. The van der Waals surface area contributed by atoms with Crippen LogP contribution in [0.4, 0.5) is 18.0 Å². The molecule has 0 unspecified atom stereocenters. The molecule has 0 saturated carbocycles. The maximum Gasteiger partial charge on any atom is 0.416 e. The third-order valence-corrected chi connectivity index (χ3v) is 7.43. The maximum absolute atomic E-state index is 13.6. The average Bonchev–Trinajstić information content (AvgIpc) is 3.41. The van der Waals surface area contributed by atoms with E-state index in [1.807, 2.05) is 23.4 Å². The summed E-state index contributed by atoms with van der Waals surface area (Å²) in [7, 11) is 0. The highest BCUT2D eigenvalue weighted by atomic mass is 19.4. The van der Waals surface area contributed by atoms with Crippen molar-refractivity contribution in [2.75, 3.05) is 26.2 Å². The Labute approximate surface area is 214 Å². The van der Waals surface area contributed by atoms with Crippen LogP contribution in [0.1, 0.15) is 78.7 Å². The molecule has 1 atom stereocenters. The van der Waals surface area contributed by atoms with Crippen LogP contribution in [-0.4, -0.2) is 63.7 Å². The van der Waals surface area contributed by atoms with E-state index in [-0.39, 0.29) is 42.0 Å². The Kier molecular flexibility index (Phi) is 6.76. The molecule has 0 radical (unpaired) electrons. The van der Waals surface area contributed by atoms with E-state index in [2.05, 4.69) is 16.5 Å². The molecule has 2 saturated heterocycles. The molecule has 0 bridgehead atoms. The number of likely N-dealkylation sites (tertiary alicyclic amines) is 2. The first kappa shape index (κ1) is 25.4. The highest BCUT2D eigenvalue weighted by Gasteiger charge is 2.39. The normalized spacial score (nSPS) is 20.4. The van der Waals surface area contributed by atoms with Crippen molar-refractivity contribution in [3.05, 3.63) is 58.9 Å². The molecular formula is C27H32F3N5O2. The zero-order valence-electron chi connectivity index (χ0n) is 21.1. The number of benzene rings is 1. The van der Waals surface area contributed by atoms with E-state index in [4.69, 9.17) is 0 Å². The number of rotatable bonds is 5. The van der Waals surface area contributed by atoms with Gasteiger partial charge in [-0.2, -0.15) is 18.3 Å². The minimum atomic E-state index is -4.42. The van der Waals surface area contributed by atoms with Gasteiger partial charge in [0, 0.05) is 38.1 Å². The number of halogens is 3. The standard InChI is InChI=1S/C27H32F3N5O2/c1-17(2)32-26(37)33-13-10-20(11-14-33)35-24(18-7-8-18)22(15-31-35)25(36)34-12-9-19(16-34)21-5-3-4-6-23(21)27(28,29)30/h3-7,15,17,19-20H,8-14,16H2,1-2H3,(H,32,37)/t19-/m1/s1. The van der Waals surface area contributed by atoms with Gasteiger partial charge in [0.25, 0.3) is 5.91 Å². The van der Waals surface area contributed by atoms with Crippen molar-refractivity contribution in [1.82, 2.24) is 24.9 Å². The Morgan fingerprint density at radius 2 is 1.73 bits per heavy atom. The first-order valence-corrected chi connectivity index (χ1v) is 12.9. The summed E-state index contributed by atoms with van der Waals surface area (Å²) in [4.78, 5) is 29.4. The molecule has 198 valence electrons. The van der Waals surface area contributed by atoms with Gasteiger partial charge in [-0.25, -0.2) is 4.79 Å². The average molecular weight is 516 g/mol. The molecule has 5 rings (SSSR count). The van der Waals surface area contributed by atoms with Crippen LogP contribution >= 0.6 is 0 Å². The predicted molar refractivity (Wildman–Crippen MR) is 133 cm³/mol. The molecule has 3 heterocycles. The Bertz CT molecular complexity index is 1210. The van der Waals surface area contributed by atoms with Crippen LogP contribution in [-0.2, 0) is 6.18 Å². The van der Waals surface area contributed by atoms with Crippen LogP contribution in [0.5, 0.6) is 0 Å². The van der Waals surface area contributed by atoms with Gasteiger partial charge in [-0.1, -0.05) is 24.3 Å². The van der Waals surface area contributed by atoms with Gasteiger partial charge < -0.3 is 15.1 Å². The van der Waals surface area contributed by atoms with E-state index in [1.54, 1.807) is 17.2 Å². The highest BCUT2D eigenvalue weighted by Crippen LogP contribution is 2.40. The molecule has 7 nitrogen and oxygen atoms in total. The molecule has 3 aliphatic rings. The van der Waals surface area contributed by atoms with Gasteiger partial charge in [-0.3, -0.25) is 9.48 Å². The first-order valence-electron chi connectivity index (χ1n) is 12.9. The smallest absolute Gasteiger partial charge is 0.338 e. The van der Waals surface area contributed by atoms with Gasteiger partial charge in [-0.05, 0) is 56.7 Å². The number of piperidine rings is 1. The molecule has 1 aliphatic carbocycles. The topological polar surface area (TPSA) is 70.5 Å². The molecule has 1 N–H and O–H groups in total. The van der Waals surface area contributed by atoms with Crippen LogP contribution in [0.15, 0.2) is 36.5 Å². The predicted octanol–water partition coefficient (Wildman–Crippen LogP) is 5.07. The van der Waals surface area contributed by atoms with Gasteiger partial charge in [0.2, 0.25) is 0 Å². The molecule has 0 spiro atoms. The monoisotopic (exact) mass is 515 g/mol. The summed E-state index contributed by atoms with van der Waals surface area (Å²) in [5, 5.41) is 7.52. The maximum atomic E-state index is 13.6. The van der Waals surface area contributed by atoms with Gasteiger partial charge in [0.1, 0.15) is 0 Å². The van der Waals surface area contributed by atoms with E-state index in [0.717, 1.165) is 36.6 Å². The van der Waals surface area contributed by atoms with E-state index in [9.17, 15) is 22.8 Å². The molecule has 1 aromatic carbocycles. The highest BCUT2D eigenvalue weighted by molar-refractivity contribution is 6.00. The lowest BCUT2D eigenvalue weighted by Crippen LogP contribution is -2.46.